The van der Waals surface area contributed by atoms with Crippen LogP contribution in [0, 0.1) is 0 Å². The third-order valence-electron chi connectivity index (χ3n) is 2.18. The molecule has 1 rings (SSSR count). The zero-order valence-electron chi connectivity index (χ0n) is 11.8. The van der Waals surface area contributed by atoms with Crippen molar-refractivity contribution >= 4 is 62.9 Å². The lowest BCUT2D eigenvalue weighted by atomic mass is 10.6. The van der Waals surface area contributed by atoms with Crippen molar-refractivity contribution in [2.24, 2.45) is 4.99 Å². The van der Waals surface area contributed by atoms with Gasteiger partial charge in [-0.3, -0.25) is 4.99 Å². The van der Waals surface area contributed by atoms with Crippen molar-refractivity contribution in [1.29, 1.82) is 0 Å². The molecule has 0 aliphatic rings. The standard InChI is InChI=1S/C11H19ClN4O2S2.HI/c1-3-13-11(14-4-2)15-7-8-16-20(17,18)10-6-5-9(12)19-10;/h5-6,16H,3-4,7-8H2,1-2H3,(H2,13,14,15);1H. The maximum Gasteiger partial charge on any atom is 0.250 e. The summed E-state index contributed by atoms with van der Waals surface area (Å²) in [4.78, 5) is 4.25. The fourth-order valence-electron chi connectivity index (χ4n) is 1.37. The van der Waals surface area contributed by atoms with E-state index < -0.39 is 10.0 Å². The van der Waals surface area contributed by atoms with Gasteiger partial charge in [0.15, 0.2) is 5.96 Å². The van der Waals surface area contributed by atoms with Gasteiger partial charge >= 0.3 is 0 Å². The van der Waals surface area contributed by atoms with E-state index in [1.807, 2.05) is 13.8 Å². The van der Waals surface area contributed by atoms with E-state index >= 15 is 0 Å². The number of nitrogens with one attached hydrogen (secondary N) is 3. The van der Waals surface area contributed by atoms with Gasteiger partial charge in [-0.05, 0) is 26.0 Å². The fraction of sp³-hybridized carbons (Fsp3) is 0.545. The van der Waals surface area contributed by atoms with Crippen molar-refractivity contribution in [3.8, 4) is 0 Å². The van der Waals surface area contributed by atoms with Gasteiger partial charge in [-0.15, -0.1) is 35.3 Å². The summed E-state index contributed by atoms with van der Waals surface area (Å²) in [5.41, 5.74) is 0. The lowest BCUT2D eigenvalue weighted by Crippen LogP contribution is -2.37. The monoisotopic (exact) mass is 466 g/mol. The highest BCUT2D eigenvalue weighted by molar-refractivity contribution is 14.0. The summed E-state index contributed by atoms with van der Waals surface area (Å²) in [5, 5.41) is 6.12. The third kappa shape index (κ3) is 7.63. The van der Waals surface area contributed by atoms with E-state index in [1.165, 1.54) is 6.07 Å². The van der Waals surface area contributed by atoms with Crippen LogP contribution in [0.3, 0.4) is 0 Å². The van der Waals surface area contributed by atoms with Gasteiger partial charge in [-0.1, -0.05) is 11.6 Å². The Labute approximate surface area is 151 Å². The summed E-state index contributed by atoms with van der Waals surface area (Å²) >= 11 is 6.76. The predicted octanol–water partition coefficient (Wildman–Crippen LogP) is 1.87. The predicted molar refractivity (Wildman–Crippen MR) is 99.6 cm³/mol. The van der Waals surface area contributed by atoms with Gasteiger partial charge in [0.1, 0.15) is 4.21 Å². The van der Waals surface area contributed by atoms with Crippen LogP contribution in [0.2, 0.25) is 4.34 Å². The smallest absolute Gasteiger partial charge is 0.250 e. The topological polar surface area (TPSA) is 82.6 Å². The number of hydrogen-bond donors (Lipinski definition) is 3. The molecule has 0 unspecified atom stereocenters. The Morgan fingerprint density at radius 2 is 1.90 bits per heavy atom. The van der Waals surface area contributed by atoms with Gasteiger partial charge in [0.25, 0.3) is 0 Å². The van der Waals surface area contributed by atoms with E-state index in [1.54, 1.807) is 6.07 Å². The maximum atomic E-state index is 11.9. The number of guanidine groups is 1. The van der Waals surface area contributed by atoms with E-state index in [9.17, 15) is 8.42 Å². The molecule has 0 fully saturated rings. The molecule has 1 heterocycles. The molecule has 10 heteroatoms. The first-order valence-corrected chi connectivity index (χ1v) is 8.94. The van der Waals surface area contributed by atoms with Gasteiger partial charge in [-0.2, -0.15) is 0 Å². The molecular weight excluding hydrogens is 447 g/mol. The third-order valence-corrected chi connectivity index (χ3v) is 5.36. The van der Waals surface area contributed by atoms with E-state index in [4.69, 9.17) is 11.6 Å². The van der Waals surface area contributed by atoms with Crippen LogP contribution >= 0.6 is 46.9 Å². The second kappa shape index (κ2) is 10.6. The molecule has 0 bridgehead atoms. The first kappa shape index (κ1) is 20.9. The normalized spacial score (nSPS) is 10.6. The molecule has 122 valence electrons. The molecule has 0 aromatic carbocycles. The number of halogens is 2. The highest BCUT2D eigenvalue weighted by Gasteiger charge is 2.15. The Kier molecular flexibility index (Phi) is 10.5. The number of thiophene rings is 1. The Morgan fingerprint density at radius 3 is 2.38 bits per heavy atom. The van der Waals surface area contributed by atoms with Crippen LogP contribution in [0.4, 0.5) is 0 Å². The van der Waals surface area contributed by atoms with Crippen molar-refractivity contribution < 1.29 is 8.42 Å². The van der Waals surface area contributed by atoms with Crippen LogP contribution < -0.4 is 15.4 Å². The minimum atomic E-state index is -3.49. The summed E-state index contributed by atoms with van der Waals surface area (Å²) in [5.74, 6) is 0.674. The minimum absolute atomic E-state index is 0. The second-order valence-electron chi connectivity index (χ2n) is 3.75. The number of sulfonamides is 1. The quantitative estimate of drug-likeness (QED) is 0.248. The first-order chi connectivity index (χ1) is 9.49. The average Bonchev–Trinajstić information content (AvgIpc) is 2.82. The van der Waals surface area contributed by atoms with Crippen LogP contribution in [0.5, 0.6) is 0 Å². The van der Waals surface area contributed by atoms with Gasteiger partial charge in [-0.25, -0.2) is 13.1 Å². The Hall–Kier alpha value is -0.100. The number of rotatable bonds is 7. The molecule has 0 saturated heterocycles. The lowest BCUT2D eigenvalue weighted by molar-refractivity contribution is 0.584. The van der Waals surface area contributed by atoms with Crippen molar-refractivity contribution in [1.82, 2.24) is 15.4 Å². The molecule has 0 amide bonds. The van der Waals surface area contributed by atoms with Crippen molar-refractivity contribution in [2.45, 2.75) is 18.1 Å². The van der Waals surface area contributed by atoms with Crippen molar-refractivity contribution in [2.75, 3.05) is 26.2 Å². The maximum absolute atomic E-state index is 11.9. The summed E-state index contributed by atoms with van der Waals surface area (Å²) in [6, 6.07) is 3.05. The Morgan fingerprint density at radius 1 is 1.29 bits per heavy atom. The largest absolute Gasteiger partial charge is 0.357 e. The van der Waals surface area contributed by atoms with Crippen LogP contribution in [-0.2, 0) is 10.0 Å². The highest BCUT2D eigenvalue weighted by atomic mass is 127. The number of aliphatic imine (C=N–C) groups is 1. The van der Waals surface area contributed by atoms with Crippen LogP contribution in [0.1, 0.15) is 13.8 Å². The minimum Gasteiger partial charge on any atom is -0.357 e. The molecule has 0 aliphatic heterocycles. The molecular formula is C11H20ClIN4O2S2. The van der Waals surface area contributed by atoms with Crippen LogP contribution in [0.25, 0.3) is 0 Å². The molecule has 0 atom stereocenters. The van der Waals surface area contributed by atoms with E-state index in [-0.39, 0.29) is 34.7 Å². The zero-order chi connectivity index (χ0) is 15.0. The highest BCUT2D eigenvalue weighted by Crippen LogP contribution is 2.25. The van der Waals surface area contributed by atoms with Crippen LogP contribution in [-0.4, -0.2) is 40.6 Å². The zero-order valence-corrected chi connectivity index (χ0v) is 16.6. The van der Waals surface area contributed by atoms with Gasteiger partial charge in [0, 0.05) is 19.6 Å². The molecule has 0 radical (unpaired) electrons. The van der Waals surface area contributed by atoms with Gasteiger partial charge in [0.2, 0.25) is 10.0 Å². The lowest BCUT2D eigenvalue weighted by Gasteiger charge is -2.09. The molecule has 3 N–H and O–H groups in total. The molecule has 0 saturated carbocycles. The second-order valence-corrected chi connectivity index (χ2v) is 7.46. The molecule has 21 heavy (non-hydrogen) atoms. The molecule has 0 aliphatic carbocycles. The summed E-state index contributed by atoms with van der Waals surface area (Å²) in [6.07, 6.45) is 0. The Balaban J connectivity index is 0.00000400. The number of hydrogen-bond acceptors (Lipinski definition) is 4. The molecule has 1 aromatic rings. The van der Waals surface area contributed by atoms with Gasteiger partial charge < -0.3 is 10.6 Å². The average molecular weight is 467 g/mol. The van der Waals surface area contributed by atoms with E-state index in [0.717, 1.165) is 24.4 Å². The van der Waals surface area contributed by atoms with Crippen LogP contribution in [0.15, 0.2) is 21.3 Å². The number of nitrogens with zero attached hydrogens (tertiary/aromatic N) is 1. The van der Waals surface area contributed by atoms with E-state index in [2.05, 4.69) is 20.3 Å². The fourth-order valence-corrected chi connectivity index (χ4v) is 3.92. The Bertz CT molecular complexity index is 540. The van der Waals surface area contributed by atoms with Crippen molar-refractivity contribution in [3.05, 3.63) is 16.5 Å². The molecule has 1 aromatic heterocycles. The molecule has 6 nitrogen and oxygen atoms in total. The SMILES string of the molecule is CCNC(=NCCNS(=O)(=O)c1ccc(Cl)s1)NCC.I. The van der Waals surface area contributed by atoms with Crippen molar-refractivity contribution in [3.63, 3.8) is 0 Å². The summed E-state index contributed by atoms with van der Waals surface area (Å²) in [7, 11) is -3.49. The molecule has 0 spiro atoms. The van der Waals surface area contributed by atoms with E-state index in [0.29, 0.717) is 16.8 Å². The summed E-state index contributed by atoms with van der Waals surface area (Å²) < 4.78 is 27.0. The van der Waals surface area contributed by atoms with Gasteiger partial charge in [0.05, 0.1) is 10.9 Å². The first-order valence-electron chi connectivity index (χ1n) is 6.26. The summed E-state index contributed by atoms with van der Waals surface area (Å²) in [6.45, 7) is 6.04.